The third-order valence-electron chi connectivity index (χ3n) is 5.13. The van der Waals surface area contributed by atoms with Crippen LogP contribution in [0.15, 0.2) is 36.5 Å². The highest BCUT2D eigenvalue weighted by Gasteiger charge is 2.22. The highest BCUT2D eigenvalue weighted by atomic mass is 16.4. The van der Waals surface area contributed by atoms with E-state index in [1.165, 1.54) is 12.8 Å². The van der Waals surface area contributed by atoms with Gasteiger partial charge < -0.3 is 14.8 Å². The molecule has 1 aliphatic heterocycles. The lowest BCUT2D eigenvalue weighted by molar-refractivity contribution is 0.0697. The van der Waals surface area contributed by atoms with E-state index in [0.29, 0.717) is 11.6 Å². The van der Waals surface area contributed by atoms with Crippen LogP contribution in [0.3, 0.4) is 0 Å². The molecule has 1 atom stereocenters. The summed E-state index contributed by atoms with van der Waals surface area (Å²) in [7, 11) is 0. The van der Waals surface area contributed by atoms with Crippen molar-refractivity contribution in [1.82, 2.24) is 14.3 Å². The van der Waals surface area contributed by atoms with Crippen LogP contribution < -0.4 is 5.32 Å². The molecule has 25 heavy (non-hydrogen) atoms. The van der Waals surface area contributed by atoms with Crippen LogP contribution in [0, 0.1) is 0 Å². The van der Waals surface area contributed by atoms with E-state index in [9.17, 15) is 9.90 Å². The molecule has 1 fully saturated rings. The van der Waals surface area contributed by atoms with Crippen molar-refractivity contribution in [3.63, 3.8) is 0 Å². The highest BCUT2D eigenvalue weighted by Crippen LogP contribution is 2.25. The van der Waals surface area contributed by atoms with E-state index in [1.807, 2.05) is 24.4 Å². The number of hydrogen-bond donors (Lipinski definition) is 2. The Labute approximate surface area is 146 Å². The summed E-state index contributed by atoms with van der Waals surface area (Å²) in [6.45, 7) is 4.10. The molecule has 2 N–H and O–H groups in total. The summed E-state index contributed by atoms with van der Waals surface area (Å²) in [6.07, 6.45) is 5.64. The average Bonchev–Trinajstić information content (AvgIpc) is 3.28. The van der Waals surface area contributed by atoms with Crippen molar-refractivity contribution in [2.75, 3.05) is 18.5 Å². The summed E-state index contributed by atoms with van der Waals surface area (Å²) < 4.78 is 2.05. The van der Waals surface area contributed by atoms with Gasteiger partial charge in [-0.1, -0.05) is 6.92 Å². The minimum absolute atomic E-state index is 0.253. The molecule has 0 aliphatic carbocycles. The van der Waals surface area contributed by atoms with Gasteiger partial charge in [0.2, 0.25) is 0 Å². The summed E-state index contributed by atoms with van der Waals surface area (Å²) in [6, 6.07) is 9.71. The van der Waals surface area contributed by atoms with Crippen molar-refractivity contribution >= 4 is 28.3 Å². The number of carboxylic acids is 1. The number of anilines is 1. The Balaban J connectivity index is 1.71. The molecule has 0 saturated carbocycles. The first-order valence-electron chi connectivity index (χ1n) is 8.79. The van der Waals surface area contributed by atoms with Crippen molar-refractivity contribution in [2.24, 2.45) is 0 Å². The lowest BCUT2D eigenvalue weighted by Gasteiger charge is -2.24. The topological polar surface area (TPSA) is 69.9 Å². The molecule has 0 spiro atoms. The van der Waals surface area contributed by atoms with Gasteiger partial charge in [0.1, 0.15) is 0 Å². The lowest BCUT2D eigenvalue weighted by Crippen LogP contribution is -2.33. The number of fused-ring (bicyclic) bond motifs is 3. The smallest absolute Gasteiger partial charge is 0.335 e. The van der Waals surface area contributed by atoms with Crippen LogP contribution in [0.2, 0.25) is 0 Å². The number of likely N-dealkylation sites (tertiary alicyclic amines) is 1. The van der Waals surface area contributed by atoms with Crippen molar-refractivity contribution in [3.05, 3.63) is 42.1 Å². The van der Waals surface area contributed by atoms with Gasteiger partial charge in [0, 0.05) is 18.8 Å². The molecule has 130 valence electrons. The third kappa shape index (κ3) is 2.82. The second kappa shape index (κ2) is 6.37. The summed E-state index contributed by atoms with van der Waals surface area (Å²) in [5, 5.41) is 12.7. The number of aromatic carboxylic acids is 1. The van der Waals surface area contributed by atoms with Gasteiger partial charge in [0.15, 0.2) is 5.82 Å². The van der Waals surface area contributed by atoms with Crippen LogP contribution in [0.25, 0.3) is 16.6 Å². The van der Waals surface area contributed by atoms with E-state index < -0.39 is 5.97 Å². The molecule has 1 aliphatic rings. The van der Waals surface area contributed by atoms with Crippen molar-refractivity contribution in [2.45, 2.75) is 32.2 Å². The fourth-order valence-electron chi connectivity index (χ4n) is 3.78. The first kappa shape index (κ1) is 15.9. The van der Waals surface area contributed by atoms with Crippen LogP contribution in [0.1, 0.15) is 36.5 Å². The lowest BCUT2D eigenvalue weighted by atomic mass is 10.2. The van der Waals surface area contributed by atoms with E-state index in [-0.39, 0.29) is 5.56 Å². The van der Waals surface area contributed by atoms with Gasteiger partial charge >= 0.3 is 5.97 Å². The van der Waals surface area contributed by atoms with E-state index >= 15 is 0 Å². The molecule has 6 heteroatoms. The Kier molecular flexibility index (Phi) is 4.05. The normalized spacial score (nSPS) is 18.2. The van der Waals surface area contributed by atoms with Gasteiger partial charge in [-0.15, -0.1) is 0 Å². The zero-order chi connectivity index (χ0) is 17.4. The molecule has 0 amide bonds. The Morgan fingerprint density at radius 2 is 2.24 bits per heavy atom. The predicted molar refractivity (Wildman–Crippen MR) is 98.2 cm³/mol. The summed E-state index contributed by atoms with van der Waals surface area (Å²) in [5.74, 6) is -0.143. The molecular weight excluding hydrogens is 316 g/mol. The second-order valence-electron chi connectivity index (χ2n) is 6.58. The Hall–Kier alpha value is -2.60. The van der Waals surface area contributed by atoms with Crippen LogP contribution in [-0.2, 0) is 0 Å². The second-order valence-corrected chi connectivity index (χ2v) is 6.58. The van der Waals surface area contributed by atoms with Gasteiger partial charge in [-0.3, -0.25) is 4.90 Å². The maximum Gasteiger partial charge on any atom is 0.335 e. The van der Waals surface area contributed by atoms with Crippen LogP contribution >= 0.6 is 0 Å². The number of nitrogens with one attached hydrogen (secondary N) is 1. The van der Waals surface area contributed by atoms with Crippen molar-refractivity contribution in [1.29, 1.82) is 0 Å². The van der Waals surface area contributed by atoms with Crippen molar-refractivity contribution < 1.29 is 9.90 Å². The maximum absolute atomic E-state index is 11.3. The quantitative estimate of drug-likeness (QED) is 0.746. The fourth-order valence-corrected chi connectivity index (χ4v) is 3.78. The fraction of sp³-hybridized carbons (Fsp3) is 0.368. The summed E-state index contributed by atoms with van der Waals surface area (Å²) in [4.78, 5) is 18.4. The maximum atomic E-state index is 11.3. The standard InChI is InChI=1S/C19H22N4O2/c1-2-14-5-3-9-22(14)12-20-18-17-6-4-10-23(17)16-8-7-13(19(24)25)11-15(16)21-18/h4,6-8,10-11,14H,2-3,5,9,12H2,1H3,(H,20,21)(H,24,25). The Morgan fingerprint density at radius 3 is 3.04 bits per heavy atom. The number of benzene rings is 1. The van der Waals surface area contributed by atoms with Crippen LogP contribution in [0.4, 0.5) is 5.82 Å². The molecule has 2 aromatic heterocycles. The summed E-state index contributed by atoms with van der Waals surface area (Å²) in [5.41, 5.74) is 2.84. The van der Waals surface area contributed by atoms with E-state index in [0.717, 1.165) is 36.5 Å². The number of carbonyl (C=O) groups is 1. The molecule has 0 bridgehead atoms. The van der Waals surface area contributed by atoms with Crippen molar-refractivity contribution in [3.8, 4) is 0 Å². The third-order valence-corrected chi connectivity index (χ3v) is 5.13. The Morgan fingerprint density at radius 1 is 1.36 bits per heavy atom. The largest absolute Gasteiger partial charge is 0.478 e. The predicted octanol–water partition coefficient (Wildman–Crippen LogP) is 3.43. The number of nitrogens with zero attached hydrogens (tertiary/aromatic N) is 3. The molecule has 1 unspecified atom stereocenters. The molecule has 3 aromatic rings. The molecule has 6 nitrogen and oxygen atoms in total. The molecule has 1 saturated heterocycles. The minimum atomic E-state index is -0.936. The SMILES string of the molecule is CCC1CCCN1CNc1nc2cc(C(=O)O)ccc2n2cccc12. The molecule has 4 rings (SSSR count). The molecule has 1 aromatic carbocycles. The van der Waals surface area contributed by atoms with Crippen LogP contribution in [-0.4, -0.2) is 44.6 Å². The van der Waals surface area contributed by atoms with Gasteiger partial charge in [0.25, 0.3) is 0 Å². The number of aromatic nitrogens is 2. The van der Waals surface area contributed by atoms with E-state index in [1.54, 1.807) is 12.1 Å². The number of rotatable bonds is 5. The number of carboxylic acid groups (broad SMARTS) is 1. The minimum Gasteiger partial charge on any atom is -0.478 e. The summed E-state index contributed by atoms with van der Waals surface area (Å²) >= 11 is 0. The zero-order valence-electron chi connectivity index (χ0n) is 14.3. The molecule has 0 radical (unpaired) electrons. The average molecular weight is 338 g/mol. The Bertz CT molecular complexity index is 934. The highest BCUT2D eigenvalue weighted by molar-refractivity contribution is 5.94. The first-order valence-corrected chi connectivity index (χ1v) is 8.79. The van der Waals surface area contributed by atoms with E-state index in [2.05, 4.69) is 21.5 Å². The first-order chi connectivity index (χ1) is 12.2. The number of hydrogen-bond acceptors (Lipinski definition) is 4. The molecule has 3 heterocycles. The van der Waals surface area contributed by atoms with E-state index in [4.69, 9.17) is 4.98 Å². The van der Waals surface area contributed by atoms with Crippen LogP contribution in [0.5, 0.6) is 0 Å². The molecular formula is C19H22N4O2. The monoisotopic (exact) mass is 338 g/mol. The van der Waals surface area contributed by atoms with Gasteiger partial charge in [0.05, 0.1) is 28.8 Å². The van der Waals surface area contributed by atoms with Gasteiger partial charge in [-0.2, -0.15) is 0 Å². The van der Waals surface area contributed by atoms with Gasteiger partial charge in [-0.25, -0.2) is 9.78 Å². The van der Waals surface area contributed by atoms with Gasteiger partial charge in [-0.05, 0) is 49.6 Å². The zero-order valence-corrected chi connectivity index (χ0v) is 14.3.